The Hall–Kier alpha value is -2.88. The molecule has 0 radical (unpaired) electrons. The van der Waals surface area contributed by atoms with E-state index in [1.165, 1.54) is 11.1 Å². The number of nitrogens with zero attached hydrogens (tertiary/aromatic N) is 2. The molecule has 0 amide bonds. The maximum absolute atomic E-state index is 4.28. The molecule has 0 fully saturated rings. The second kappa shape index (κ2) is 6.26. The molecule has 0 spiro atoms. The van der Waals surface area contributed by atoms with E-state index >= 15 is 0 Å². The molecule has 0 aliphatic heterocycles. The van der Waals surface area contributed by atoms with Crippen molar-refractivity contribution in [2.75, 3.05) is 10.6 Å². The zero-order valence-corrected chi connectivity index (χ0v) is 12.7. The molecular weight excluding hydrogens is 272 g/mol. The number of anilines is 4. The van der Waals surface area contributed by atoms with Crippen LogP contribution in [0.25, 0.3) is 0 Å². The maximum atomic E-state index is 4.28. The van der Waals surface area contributed by atoms with Crippen LogP contribution < -0.4 is 10.6 Å². The molecule has 4 heteroatoms. The molecule has 0 aliphatic carbocycles. The van der Waals surface area contributed by atoms with E-state index in [-0.39, 0.29) is 0 Å². The lowest BCUT2D eigenvalue weighted by Gasteiger charge is -2.11. The highest BCUT2D eigenvalue weighted by Gasteiger charge is 2.02. The minimum atomic E-state index is 0.758. The number of para-hydroxylation sites is 1. The molecule has 0 saturated carbocycles. The number of hydrogen-bond donors (Lipinski definition) is 2. The molecule has 0 unspecified atom stereocenters. The van der Waals surface area contributed by atoms with Crippen LogP contribution in [-0.2, 0) is 0 Å². The van der Waals surface area contributed by atoms with E-state index in [1.807, 2.05) is 36.4 Å². The van der Waals surface area contributed by atoms with Crippen LogP contribution in [0, 0.1) is 13.8 Å². The normalized spacial score (nSPS) is 10.3. The highest BCUT2D eigenvalue weighted by molar-refractivity contribution is 5.64. The first-order chi connectivity index (χ1) is 10.7. The standard InChI is InChI=1S/C18H18N4/c1-13-8-9-16(14(2)10-13)22-18-11-17(19-12-20-18)21-15-6-4-3-5-7-15/h3-12H,1-2H3,(H2,19,20,21,22). The first kappa shape index (κ1) is 14.1. The molecule has 1 aromatic heterocycles. The van der Waals surface area contributed by atoms with Gasteiger partial charge in [0, 0.05) is 17.4 Å². The van der Waals surface area contributed by atoms with Gasteiger partial charge in [-0.1, -0.05) is 35.9 Å². The summed E-state index contributed by atoms with van der Waals surface area (Å²) in [5.41, 5.74) is 4.49. The average Bonchev–Trinajstić information content (AvgIpc) is 2.52. The lowest BCUT2D eigenvalue weighted by atomic mass is 10.1. The van der Waals surface area contributed by atoms with Crippen molar-refractivity contribution in [3.63, 3.8) is 0 Å². The van der Waals surface area contributed by atoms with E-state index in [1.54, 1.807) is 6.33 Å². The van der Waals surface area contributed by atoms with Crippen LogP contribution in [0.3, 0.4) is 0 Å². The number of hydrogen-bond acceptors (Lipinski definition) is 4. The van der Waals surface area contributed by atoms with Gasteiger partial charge in [-0.15, -0.1) is 0 Å². The Morgan fingerprint density at radius 3 is 2.23 bits per heavy atom. The van der Waals surface area contributed by atoms with Crippen molar-refractivity contribution in [3.05, 3.63) is 72.1 Å². The highest BCUT2D eigenvalue weighted by Crippen LogP contribution is 2.22. The van der Waals surface area contributed by atoms with Crippen LogP contribution in [0.5, 0.6) is 0 Å². The fraction of sp³-hybridized carbons (Fsp3) is 0.111. The topological polar surface area (TPSA) is 49.8 Å². The number of nitrogens with one attached hydrogen (secondary N) is 2. The van der Waals surface area contributed by atoms with Crippen molar-refractivity contribution in [2.24, 2.45) is 0 Å². The van der Waals surface area contributed by atoms with Gasteiger partial charge in [-0.2, -0.15) is 0 Å². The Morgan fingerprint density at radius 1 is 0.773 bits per heavy atom. The van der Waals surface area contributed by atoms with Gasteiger partial charge in [0.15, 0.2) is 0 Å². The van der Waals surface area contributed by atoms with E-state index < -0.39 is 0 Å². The van der Waals surface area contributed by atoms with Gasteiger partial charge in [0.25, 0.3) is 0 Å². The van der Waals surface area contributed by atoms with Crippen molar-refractivity contribution >= 4 is 23.0 Å². The summed E-state index contributed by atoms with van der Waals surface area (Å²) in [4.78, 5) is 8.53. The van der Waals surface area contributed by atoms with Gasteiger partial charge in [-0.25, -0.2) is 9.97 Å². The average molecular weight is 290 g/mol. The molecule has 4 nitrogen and oxygen atoms in total. The fourth-order valence-corrected chi connectivity index (χ4v) is 2.26. The largest absolute Gasteiger partial charge is 0.340 e. The van der Waals surface area contributed by atoms with Crippen molar-refractivity contribution in [3.8, 4) is 0 Å². The molecule has 2 aromatic carbocycles. The van der Waals surface area contributed by atoms with Gasteiger partial charge in [0.05, 0.1) is 0 Å². The summed E-state index contributed by atoms with van der Waals surface area (Å²) in [6, 6.07) is 18.1. The van der Waals surface area contributed by atoms with E-state index in [9.17, 15) is 0 Å². The maximum Gasteiger partial charge on any atom is 0.135 e. The van der Waals surface area contributed by atoms with Crippen molar-refractivity contribution < 1.29 is 0 Å². The zero-order valence-electron chi connectivity index (χ0n) is 12.7. The number of benzene rings is 2. The molecule has 3 rings (SSSR count). The third kappa shape index (κ3) is 3.41. The molecule has 2 N–H and O–H groups in total. The molecule has 0 atom stereocenters. The van der Waals surface area contributed by atoms with Gasteiger partial charge >= 0.3 is 0 Å². The van der Waals surface area contributed by atoms with E-state index in [4.69, 9.17) is 0 Å². The smallest absolute Gasteiger partial charge is 0.135 e. The van der Waals surface area contributed by atoms with Crippen LogP contribution >= 0.6 is 0 Å². The summed E-state index contributed by atoms with van der Waals surface area (Å²) < 4.78 is 0. The van der Waals surface area contributed by atoms with E-state index in [0.717, 1.165) is 23.0 Å². The van der Waals surface area contributed by atoms with E-state index in [2.05, 4.69) is 52.6 Å². The number of aromatic nitrogens is 2. The Balaban J connectivity index is 1.79. The second-order valence-electron chi connectivity index (χ2n) is 5.22. The number of rotatable bonds is 4. The Bertz CT molecular complexity index is 769. The molecule has 0 aliphatic rings. The van der Waals surface area contributed by atoms with Crippen molar-refractivity contribution in [1.82, 2.24) is 9.97 Å². The summed E-state index contributed by atoms with van der Waals surface area (Å²) in [6.07, 6.45) is 1.55. The summed E-state index contributed by atoms with van der Waals surface area (Å²) in [5, 5.41) is 6.60. The van der Waals surface area contributed by atoms with Crippen LogP contribution in [0.15, 0.2) is 60.9 Å². The Labute approximate surface area is 130 Å². The minimum Gasteiger partial charge on any atom is -0.340 e. The minimum absolute atomic E-state index is 0.758. The van der Waals surface area contributed by atoms with Crippen LogP contribution in [0.2, 0.25) is 0 Å². The van der Waals surface area contributed by atoms with Crippen molar-refractivity contribution in [2.45, 2.75) is 13.8 Å². The molecule has 3 aromatic rings. The van der Waals surface area contributed by atoms with Gasteiger partial charge < -0.3 is 10.6 Å². The molecule has 1 heterocycles. The van der Waals surface area contributed by atoms with Crippen molar-refractivity contribution in [1.29, 1.82) is 0 Å². The van der Waals surface area contributed by atoms with Gasteiger partial charge in [0.1, 0.15) is 18.0 Å². The second-order valence-corrected chi connectivity index (χ2v) is 5.22. The highest BCUT2D eigenvalue weighted by atomic mass is 15.1. The SMILES string of the molecule is Cc1ccc(Nc2cc(Nc3ccccc3)ncn2)c(C)c1. The fourth-order valence-electron chi connectivity index (χ4n) is 2.26. The quantitative estimate of drug-likeness (QED) is 0.738. The molecule has 22 heavy (non-hydrogen) atoms. The third-order valence-electron chi connectivity index (χ3n) is 3.36. The predicted octanol–water partition coefficient (Wildman–Crippen LogP) is 4.58. The van der Waals surface area contributed by atoms with Crippen LogP contribution in [-0.4, -0.2) is 9.97 Å². The summed E-state index contributed by atoms with van der Waals surface area (Å²) in [7, 11) is 0. The van der Waals surface area contributed by atoms with Gasteiger partial charge in [-0.05, 0) is 37.6 Å². The molecule has 0 saturated heterocycles. The monoisotopic (exact) mass is 290 g/mol. The summed E-state index contributed by atoms with van der Waals surface area (Å²) >= 11 is 0. The Morgan fingerprint density at radius 2 is 1.50 bits per heavy atom. The molecular formula is C18H18N4. The first-order valence-corrected chi connectivity index (χ1v) is 7.19. The first-order valence-electron chi connectivity index (χ1n) is 7.19. The zero-order chi connectivity index (χ0) is 15.4. The number of aryl methyl sites for hydroxylation is 2. The van der Waals surface area contributed by atoms with Gasteiger partial charge in [-0.3, -0.25) is 0 Å². The molecule has 110 valence electrons. The lowest BCUT2D eigenvalue weighted by molar-refractivity contribution is 1.16. The van der Waals surface area contributed by atoms with Gasteiger partial charge in [0.2, 0.25) is 0 Å². The van der Waals surface area contributed by atoms with Crippen LogP contribution in [0.1, 0.15) is 11.1 Å². The summed E-state index contributed by atoms with van der Waals surface area (Å²) in [5.74, 6) is 1.52. The molecule has 0 bridgehead atoms. The van der Waals surface area contributed by atoms with Crippen LogP contribution in [0.4, 0.5) is 23.0 Å². The third-order valence-corrected chi connectivity index (χ3v) is 3.36. The Kier molecular flexibility index (Phi) is 4.01. The van der Waals surface area contributed by atoms with E-state index in [0.29, 0.717) is 0 Å². The summed E-state index contributed by atoms with van der Waals surface area (Å²) in [6.45, 7) is 4.17. The predicted molar refractivity (Wildman–Crippen MR) is 91.0 cm³/mol. The lowest BCUT2D eigenvalue weighted by Crippen LogP contribution is -1.99.